The number of esters is 1. The van der Waals surface area contributed by atoms with Crippen LogP contribution < -0.4 is 9.47 Å². The van der Waals surface area contributed by atoms with E-state index in [-0.39, 0.29) is 18.1 Å². The fourth-order valence-corrected chi connectivity index (χ4v) is 2.43. The smallest absolute Gasteiger partial charge is 0.338 e. The van der Waals surface area contributed by atoms with Crippen molar-refractivity contribution in [1.82, 2.24) is 0 Å². The van der Waals surface area contributed by atoms with Gasteiger partial charge in [0.2, 0.25) is 12.6 Å². The van der Waals surface area contributed by atoms with Gasteiger partial charge in [-0.1, -0.05) is 18.2 Å². The lowest BCUT2D eigenvalue weighted by atomic mass is 10.2. The van der Waals surface area contributed by atoms with Crippen LogP contribution in [0.4, 0.5) is 0 Å². The number of benzene rings is 2. The van der Waals surface area contributed by atoms with Gasteiger partial charge >= 0.3 is 5.97 Å². The monoisotopic (exact) mass is 324 g/mol. The van der Waals surface area contributed by atoms with Crippen LogP contribution in [-0.4, -0.2) is 25.2 Å². The van der Waals surface area contributed by atoms with Gasteiger partial charge in [0.1, 0.15) is 5.58 Å². The lowest BCUT2D eigenvalue weighted by Gasteiger charge is -2.04. The average molecular weight is 324 g/mol. The number of hydrogen-bond donors (Lipinski definition) is 0. The van der Waals surface area contributed by atoms with Crippen molar-refractivity contribution >= 4 is 22.7 Å². The van der Waals surface area contributed by atoms with Crippen LogP contribution in [0.3, 0.4) is 0 Å². The van der Waals surface area contributed by atoms with Crippen LogP contribution in [-0.2, 0) is 4.74 Å². The van der Waals surface area contributed by atoms with Crippen molar-refractivity contribution in [3.05, 3.63) is 59.9 Å². The van der Waals surface area contributed by atoms with Gasteiger partial charge in [0.15, 0.2) is 23.9 Å². The number of carbonyl (C=O) groups excluding carboxylic acids is 2. The maximum Gasteiger partial charge on any atom is 0.338 e. The summed E-state index contributed by atoms with van der Waals surface area (Å²) in [5.74, 6) is 0.200. The standard InChI is InChI=1S/C18H12O6/c19-13(16-7-11-3-1-2-4-14(11)24-16)9-21-18(20)12-5-6-15-17(8-12)23-10-22-15/h1-8H,9-10H2. The maximum absolute atomic E-state index is 12.1. The first-order chi connectivity index (χ1) is 11.7. The van der Waals surface area contributed by atoms with Gasteiger partial charge in [-0.05, 0) is 30.3 Å². The normalized spacial score (nSPS) is 12.3. The van der Waals surface area contributed by atoms with Crippen LogP contribution in [0.15, 0.2) is 52.9 Å². The third-order valence-electron chi connectivity index (χ3n) is 3.64. The molecular weight excluding hydrogens is 312 g/mol. The minimum atomic E-state index is -0.613. The van der Waals surface area contributed by atoms with Crippen molar-refractivity contribution in [3.63, 3.8) is 0 Å². The van der Waals surface area contributed by atoms with Gasteiger partial charge in [-0.15, -0.1) is 0 Å². The summed E-state index contributed by atoms with van der Waals surface area (Å²) in [6, 6.07) is 13.6. The van der Waals surface area contributed by atoms with Crippen molar-refractivity contribution in [2.45, 2.75) is 0 Å². The Morgan fingerprint density at radius 1 is 1.00 bits per heavy atom. The van der Waals surface area contributed by atoms with Crippen molar-refractivity contribution in [2.24, 2.45) is 0 Å². The molecule has 0 bridgehead atoms. The van der Waals surface area contributed by atoms with Crippen molar-refractivity contribution in [1.29, 1.82) is 0 Å². The van der Waals surface area contributed by atoms with Crippen molar-refractivity contribution in [2.75, 3.05) is 13.4 Å². The van der Waals surface area contributed by atoms with Crippen LogP contribution in [0.5, 0.6) is 11.5 Å². The summed E-state index contributed by atoms with van der Waals surface area (Å²) >= 11 is 0. The number of ketones is 1. The van der Waals surface area contributed by atoms with E-state index >= 15 is 0 Å². The summed E-state index contributed by atoms with van der Waals surface area (Å²) < 4.78 is 20.9. The van der Waals surface area contributed by atoms with E-state index in [0.717, 1.165) is 5.39 Å². The van der Waals surface area contributed by atoms with E-state index in [0.29, 0.717) is 17.1 Å². The number of furan rings is 1. The molecule has 4 rings (SSSR count). The highest BCUT2D eigenvalue weighted by molar-refractivity contribution is 6.00. The van der Waals surface area contributed by atoms with Crippen LogP contribution in [0.1, 0.15) is 20.9 Å². The maximum atomic E-state index is 12.1. The number of para-hydroxylation sites is 1. The highest BCUT2D eigenvalue weighted by atomic mass is 16.7. The zero-order valence-electron chi connectivity index (χ0n) is 12.5. The van der Waals surface area contributed by atoms with Gasteiger partial charge < -0.3 is 18.6 Å². The Morgan fingerprint density at radius 2 is 1.83 bits per heavy atom. The molecule has 6 nitrogen and oxygen atoms in total. The Balaban J connectivity index is 1.44. The summed E-state index contributed by atoms with van der Waals surface area (Å²) in [6.07, 6.45) is 0. The van der Waals surface area contributed by atoms with Crippen LogP contribution in [0.2, 0.25) is 0 Å². The van der Waals surface area contributed by atoms with Crippen molar-refractivity contribution < 1.29 is 28.2 Å². The lowest BCUT2D eigenvalue weighted by molar-refractivity contribution is 0.0468. The number of ether oxygens (including phenoxy) is 3. The Bertz CT molecular complexity index is 907. The van der Waals surface area contributed by atoms with Crippen LogP contribution in [0, 0.1) is 0 Å². The predicted octanol–water partition coefficient (Wildman–Crippen LogP) is 3.20. The molecule has 0 amide bonds. The predicted molar refractivity (Wildman–Crippen MR) is 83.4 cm³/mol. The van der Waals surface area contributed by atoms with Gasteiger partial charge in [0, 0.05) is 5.39 Å². The van der Waals surface area contributed by atoms with Gasteiger partial charge in [-0.2, -0.15) is 0 Å². The zero-order valence-corrected chi connectivity index (χ0v) is 12.5. The molecule has 2 aromatic carbocycles. The second-order valence-electron chi connectivity index (χ2n) is 5.22. The van der Waals surface area contributed by atoms with E-state index < -0.39 is 18.4 Å². The van der Waals surface area contributed by atoms with E-state index in [9.17, 15) is 9.59 Å². The second kappa shape index (κ2) is 5.73. The van der Waals surface area contributed by atoms with Gasteiger partial charge in [-0.3, -0.25) is 4.79 Å². The number of fused-ring (bicyclic) bond motifs is 2. The Kier molecular flexibility index (Phi) is 3.42. The zero-order chi connectivity index (χ0) is 16.5. The molecule has 2 heterocycles. The molecule has 6 heteroatoms. The van der Waals surface area contributed by atoms with Crippen molar-refractivity contribution in [3.8, 4) is 11.5 Å². The van der Waals surface area contributed by atoms with Gasteiger partial charge in [0.25, 0.3) is 0 Å². The first-order valence-electron chi connectivity index (χ1n) is 7.29. The van der Waals surface area contributed by atoms with E-state index in [1.807, 2.05) is 18.2 Å². The van der Waals surface area contributed by atoms with E-state index in [4.69, 9.17) is 18.6 Å². The molecule has 1 aliphatic heterocycles. The molecule has 0 aliphatic carbocycles. The topological polar surface area (TPSA) is 75.0 Å². The minimum Gasteiger partial charge on any atom is -0.454 e. The molecule has 1 aliphatic rings. The Labute approximate surface area is 136 Å². The molecule has 0 spiro atoms. The van der Waals surface area contributed by atoms with Gasteiger partial charge in [-0.25, -0.2) is 4.79 Å². The summed E-state index contributed by atoms with van der Waals surface area (Å²) in [7, 11) is 0. The van der Waals surface area contributed by atoms with Gasteiger partial charge in [0.05, 0.1) is 5.56 Å². The van der Waals surface area contributed by atoms with E-state index in [1.54, 1.807) is 24.3 Å². The fraction of sp³-hybridized carbons (Fsp3) is 0.111. The first-order valence-corrected chi connectivity index (χ1v) is 7.29. The Hall–Kier alpha value is -3.28. The summed E-state index contributed by atoms with van der Waals surface area (Å²) in [4.78, 5) is 24.2. The molecule has 0 saturated carbocycles. The lowest BCUT2D eigenvalue weighted by Crippen LogP contribution is -2.13. The molecule has 24 heavy (non-hydrogen) atoms. The number of carbonyl (C=O) groups is 2. The van der Waals surface area contributed by atoms with Crippen LogP contribution >= 0.6 is 0 Å². The third kappa shape index (κ3) is 2.58. The average Bonchev–Trinajstić information content (AvgIpc) is 3.24. The molecule has 0 saturated heterocycles. The first kappa shape index (κ1) is 14.3. The largest absolute Gasteiger partial charge is 0.454 e. The quantitative estimate of drug-likeness (QED) is 0.542. The molecule has 1 aromatic heterocycles. The highest BCUT2D eigenvalue weighted by Crippen LogP contribution is 2.32. The highest BCUT2D eigenvalue weighted by Gasteiger charge is 2.19. The summed E-state index contributed by atoms with van der Waals surface area (Å²) in [5.41, 5.74) is 0.902. The summed E-state index contributed by atoms with van der Waals surface area (Å²) in [5, 5.41) is 0.822. The fourth-order valence-electron chi connectivity index (χ4n) is 2.43. The molecular formula is C18H12O6. The van der Waals surface area contributed by atoms with E-state index in [2.05, 4.69) is 0 Å². The SMILES string of the molecule is O=C(OCC(=O)c1cc2ccccc2o1)c1ccc2c(c1)OCO2. The number of hydrogen-bond acceptors (Lipinski definition) is 6. The second-order valence-corrected chi connectivity index (χ2v) is 5.22. The molecule has 0 fully saturated rings. The van der Waals surface area contributed by atoms with Crippen LogP contribution in [0.25, 0.3) is 11.0 Å². The molecule has 0 atom stereocenters. The number of Topliss-reactive ketones (excluding diaryl/α,β-unsaturated/α-hetero) is 1. The summed E-state index contributed by atoms with van der Waals surface area (Å²) in [6.45, 7) is -0.272. The minimum absolute atomic E-state index is 0.123. The molecule has 120 valence electrons. The third-order valence-corrected chi connectivity index (χ3v) is 3.64. The number of rotatable bonds is 4. The molecule has 3 aromatic rings. The molecule has 0 unspecified atom stereocenters. The molecule has 0 radical (unpaired) electrons. The molecule has 0 N–H and O–H groups in total. The Morgan fingerprint density at radius 3 is 2.71 bits per heavy atom. The van der Waals surface area contributed by atoms with E-state index in [1.165, 1.54) is 6.07 Å².